The van der Waals surface area contributed by atoms with E-state index in [1.54, 1.807) is 0 Å². The van der Waals surface area contributed by atoms with E-state index in [0.717, 1.165) is 16.9 Å². The van der Waals surface area contributed by atoms with Gasteiger partial charge >= 0.3 is 0 Å². The molecule has 0 radical (unpaired) electrons. The number of carbonyl (C=O) groups excluding carboxylic acids is 1. The van der Waals surface area contributed by atoms with Gasteiger partial charge in [0.1, 0.15) is 18.0 Å². The Balaban J connectivity index is 1.54. The minimum Gasteiger partial charge on any atom is -0.487 e. The standard InChI is InChI=1S/C21H23NO4/c1-13-8-9-16-14(10-13)15(11-21(2,3)26-16)22-20(23)19-12-24-17-6-4-5-7-18(17)25-19/h4-10,15,19H,11-12H2,1-3H3,(H,22,23)/t15-,19+/m1/s1. The fourth-order valence-corrected chi connectivity index (χ4v) is 3.52. The smallest absolute Gasteiger partial charge is 0.265 e. The Kier molecular flexibility index (Phi) is 4.02. The molecular weight excluding hydrogens is 330 g/mol. The molecule has 2 aliphatic rings. The van der Waals surface area contributed by atoms with Gasteiger partial charge in [0.05, 0.1) is 6.04 Å². The van der Waals surface area contributed by atoms with E-state index in [2.05, 4.69) is 11.4 Å². The van der Waals surface area contributed by atoms with Crippen molar-refractivity contribution in [1.82, 2.24) is 5.32 Å². The minimum atomic E-state index is -0.663. The Morgan fingerprint density at radius 3 is 2.69 bits per heavy atom. The van der Waals surface area contributed by atoms with Crippen molar-refractivity contribution in [2.75, 3.05) is 6.61 Å². The topological polar surface area (TPSA) is 56.8 Å². The van der Waals surface area contributed by atoms with Gasteiger partial charge in [-0.1, -0.05) is 29.8 Å². The fourth-order valence-electron chi connectivity index (χ4n) is 3.52. The number of aryl methyl sites for hydroxylation is 1. The van der Waals surface area contributed by atoms with Crippen LogP contribution < -0.4 is 19.5 Å². The van der Waals surface area contributed by atoms with Crippen molar-refractivity contribution in [3.05, 3.63) is 53.6 Å². The molecule has 26 heavy (non-hydrogen) atoms. The normalized spacial score (nSPS) is 22.7. The number of rotatable bonds is 2. The lowest BCUT2D eigenvalue weighted by Crippen LogP contribution is -2.48. The first-order chi connectivity index (χ1) is 12.4. The molecule has 4 rings (SSSR count). The lowest BCUT2D eigenvalue weighted by atomic mass is 9.89. The summed E-state index contributed by atoms with van der Waals surface area (Å²) in [6.07, 6.45) is 0.0310. The van der Waals surface area contributed by atoms with Gasteiger partial charge in [-0.05, 0) is 39.0 Å². The van der Waals surface area contributed by atoms with Crippen molar-refractivity contribution >= 4 is 5.91 Å². The van der Waals surface area contributed by atoms with E-state index in [1.807, 2.05) is 57.2 Å². The molecule has 0 fully saturated rings. The lowest BCUT2D eigenvalue weighted by Gasteiger charge is -2.38. The molecule has 2 atom stereocenters. The molecule has 1 amide bonds. The van der Waals surface area contributed by atoms with Crippen LogP contribution in [0.1, 0.15) is 37.4 Å². The molecule has 2 heterocycles. The van der Waals surface area contributed by atoms with Crippen LogP contribution in [0, 0.1) is 6.92 Å². The second-order valence-electron chi connectivity index (χ2n) is 7.53. The summed E-state index contributed by atoms with van der Waals surface area (Å²) in [5, 5.41) is 3.13. The monoisotopic (exact) mass is 353 g/mol. The van der Waals surface area contributed by atoms with Crippen LogP contribution in [0.5, 0.6) is 17.2 Å². The van der Waals surface area contributed by atoms with Crippen molar-refractivity contribution in [1.29, 1.82) is 0 Å². The number of hydrogen-bond acceptors (Lipinski definition) is 4. The summed E-state index contributed by atoms with van der Waals surface area (Å²) in [4.78, 5) is 12.8. The van der Waals surface area contributed by atoms with Gasteiger partial charge < -0.3 is 19.5 Å². The number of amides is 1. The van der Waals surface area contributed by atoms with Crippen molar-refractivity contribution in [2.24, 2.45) is 0 Å². The lowest BCUT2D eigenvalue weighted by molar-refractivity contribution is -0.131. The molecule has 2 aromatic carbocycles. The highest BCUT2D eigenvalue weighted by atomic mass is 16.6. The third-order valence-corrected chi connectivity index (χ3v) is 4.74. The molecular formula is C21H23NO4. The van der Waals surface area contributed by atoms with E-state index >= 15 is 0 Å². The van der Waals surface area contributed by atoms with Crippen molar-refractivity contribution in [2.45, 2.75) is 44.9 Å². The zero-order valence-corrected chi connectivity index (χ0v) is 15.2. The summed E-state index contributed by atoms with van der Waals surface area (Å²) in [5.74, 6) is 1.92. The van der Waals surface area contributed by atoms with Crippen LogP contribution >= 0.6 is 0 Å². The van der Waals surface area contributed by atoms with Crippen LogP contribution in [0.3, 0.4) is 0 Å². The first kappa shape index (κ1) is 16.8. The molecule has 136 valence electrons. The first-order valence-electron chi connectivity index (χ1n) is 8.90. The second-order valence-corrected chi connectivity index (χ2v) is 7.53. The summed E-state index contributed by atoms with van der Waals surface area (Å²) in [6, 6.07) is 13.3. The maximum atomic E-state index is 12.8. The molecule has 0 bridgehead atoms. The van der Waals surface area contributed by atoms with Crippen LogP contribution in [0.2, 0.25) is 0 Å². The second kappa shape index (κ2) is 6.24. The number of nitrogens with one attached hydrogen (secondary N) is 1. The molecule has 0 spiro atoms. The zero-order chi connectivity index (χ0) is 18.3. The van der Waals surface area contributed by atoms with Crippen LogP contribution in [-0.2, 0) is 4.79 Å². The highest BCUT2D eigenvalue weighted by Crippen LogP contribution is 2.40. The summed E-state index contributed by atoms with van der Waals surface area (Å²) in [7, 11) is 0. The summed E-state index contributed by atoms with van der Waals surface area (Å²) < 4.78 is 17.6. The predicted molar refractivity (Wildman–Crippen MR) is 97.7 cm³/mol. The van der Waals surface area contributed by atoms with E-state index in [1.165, 1.54) is 0 Å². The minimum absolute atomic E-state index is 0.123. The molecule has 0 unspecified atom stereocenters. The molecule has 5 heteroatoms. The number of para-hydroxylation sites is 2. The maximum absolute atomic E-state index is 12.8. The van der Waals surface area contributed by atoms with Gasteiger partial charge in [-0.2, -0.15) is 0 Å². The van der Waals surface area contributed by atoms with Crippen molar-refractivity contribution in [3.8, 4) is 17.2 Å². The number of ether oxygens (including phenoxy) is 3. The van der Waals surface area contributed by atoms with Crippen LogP contribution in [0.4, 0.5) is 0 Å². The average Bonchev–Trinajstić information content (AvgIpc) is 2.61. The fraction of sp³-hybridized carbons (Fsp3) is 0.381. The van der Waals surface area contributed by atoms with Gasteiger partial charge in [-0.15, -0.1) is 0 Å². The molecule has 2 aliphatic heterocycles. The third kappa shape index (κ3) is 3.21. The maximum Gasteiger partial charge on any atom is 0.265 e. The van der Waals surface area contributed by atoms with Gasteiger partial charge in [-0.25, -0.2) is 0 Å². The molecule has 1 N–H and O–H groups in total. The summed E-state index contributed by atoms with van der Waals surface area (Å²) in [5.41, 5.74) is 1.80. The van der Waals surface area contributed by atoms with Crippen LogP contribution in [0.25, 0.3) is 0 Å². The molecule has 0 saturated heterocycles. The summed E-state index contributed by atoms with van der Waals surface area (Å²) in [6.45, 7) is 6.31. The number of carbonyl (C=O) groups is 1. The number of hydrogen-bond donors (Lipinski definition) is 1. The van der Waals surface area contributed by atoms with E-state index in [-0.39, 0.29) is 24.2 Å². The van der Waals surface area contributed by atoms with E-state index in [9.17, 15) is 4.79 Å². The summed E-state index contributed by atoms with van der Waals surface area (Å²) >= 11 is 0. The Bertz CT molecular complexity index is 846. The number of fused-ring (bicyclic) bond motifs is 2. The van der Waals surface area contributed by atoms with Gasteiger partial charge in [0.25, 0.3) is 5.91 Å². The quantitative estimate of drug-likeness (QED) is 0.897. The first-order valence-corrected chi connectivity index (χ1v) is 8.90. The Morgan fingerprint density at radius 2 is 1.88 bits per heavy atom. The Labute approximate surface area is 153 Å². The van der Waals surface area contributed by atoms with Crippen LogP contribution in [0.15, 0.2) is 42.5 Å². The molecule has 0 aromatic heterocycles. The Hall–Kier alpha value is -2.69. The van der Waals surface area contributed by atoms with Gasteiger partial charge in [-0.3, -0.25) is 4.79 Å². The number of benzene rings is 2. The van der Waals surface area contributed by atoms with Crippen molar-refractivity contribution in [3.63, 3.8) is 0 Å². The van der Waals surface area contributed by atoms with Crippen molar-refractivity contribution < 1.29 is 19.0 Å². The van der Waals surface area contributed by atoms with E-state index < -0.39 is 6.10 Å². The average molecular weight is 353 g/mol. The molecule has 0 saturated carbocycles. The predicted octanol–water partition coefficient (Wildman–Crippen LogP) is 3.55. The molecule has 2 aromatic rings. The highest BCUT2D eigenvalue weighted by molar-refractivity contribution is 5.82. The van der Waals surface area contributed by atoms with Gasteiger partial charge in [0, 0.05) is 12.0 Å². The third-order valence-electron chi connectivity index (χ3n) is 4.74. The van der Waals surface area contributed by atoms with Gasteiger partial charge in [0.2, 0.25) is 6.10 Å². The van der Waals surface area contributed by atoms with Crippen LogP contribution in [-0.4, -0.2) is 24.2 Å². The molecule has 0 aliphatic carbocycles. The highest BCUT2D eigenvalue weighted by Gasteiger charge is 2.36. The largest absolute Gasteiger partial charge is 0.487 e. The van der Waals surface area contributed by atoms with E-state index in [0.29, 0.717) is 17.9 Å². The van der Waals surface area contributed by atoms with Gasteiger partial charge in [0.15, 0.2) is 11.5 Å². The molecule has 5 nitrogen and oxygen atoms in total. The van der Waals surface area contributed by atoms with E-state index in [4.69, 9.17) is 14.2 Å². The zero-order valence-electron chi connectivity index (χ0n) is 15.2. The SMILES string of the molecule is Cc1ccc2c(c1)[C@H](NC(=O)[C@@H]1COc3ccccc3O1)CC(C)(C)O2. The Morgan fingerprint density at radius 1 is 1.12 bits per heavy atom.